The quantitative estimate of drug-likeness (QED) is 0.907. The number of carboxylic acid groups (broad SMARTS) is 1. The lowest BCUT2D eigenvalue weighted by Gasteiger charge is -2.11. The van der Waals surface area contributed by atoms with Gasteiger partial charge in [-0.3, -0.25) is 0 Å². The van der Waals surface area contributed by atoms with Crippen molar-refractivity contribution in [1.29, 1.82) is 0 Å². The first-order valence-electron chi connectivity index (χ1n) is 5.86. The molecule has 2 aromatic rings. The highest BCUT2D eigenvalue weighted by atomic mass is 19.3. The van der Waals surface area contributed by atoms with Gasteiger partial charge in [-0.05, 0) is 48.5 Å². The molecule has 0 amide bonds. The molecule has 0 spiro atoms. The van der Waals surface area contributed by atoms with Crippen LogP contribution in [-0.2, 0) is 5.92 Å². The Hall–Kier alpha value is -2.43. The van der Waals surface area contributed by atoms with Gasteiger partial charge in [0.05, 0.1) is 5.56 Å². The van der Waals surface area contributed by atoms with Crippen LogP contribution in [0.5, 0.6) is 11.5 Å². The molecular weight excluding hydrogens is 266 g/mol. The van der Waals surface area contributed by atoms with Crippen LogP contribution in [0.25, 0.3) is 0 Å². The van der Waals surface area contributed by atoms with E-state index in [2.05, 4.69) is 0 Å². The number of aromatic carboxylic acids is 1. The SMILES string of the molecule is CC(F)(F)c1ccc(Oc2ccc(C(=O)O)cc2)cc1. The van der Waals surface area contributed by atoms with Crippen LogP contribution in [0.4, 0.5) is 8.78 Å². The lowest BCUT2D eigenvalue weighted by molar-refractivity contribution is 0.0174. The lowest BCUT2D eigenvalue weighted by Crippen LogP contribution is -2.06. The molecule has 104 valence electrons. The molecule has 0 aliphatic heterocycles. The molecule has 5 heteroatoms. The molecule has 2 rings (SSSR count). The summed E-state index contributed by atoms with van der Waals surface area (Å²) in [5, 5.41) is 8.76. The maximum Gasteiger partial charge on any atom is 0.335 e. The number of rotatable bonds is 4. The van der Waals surface area contributed by atoms with Crippen molar-refractivity contribution < 1.29 is 23.4 Å². The minimum absolute atomic E-state index is 0.0916. The summed E-state index contributed by atoms with van der Waals surface area (Å²) in [5.74, 6) is -3.07. The number of carbonyl (C=O) groups is 1. The number of carboxylic acids is 1. The van der Waals surface area contributed by atoms with Crippen molar-refractivity contribution in [2.75, 3.05) is 0 Å². The van der Waals surface area contributed by atoms with Crippen molar-refractivity contribution in [3.63, 3.8) is 0 Å². The molecule has 0 aliphatic carbocycles. The molecule has 0 aliphatic rings. The lowest BCUT2D eigenvalue weighted by atomic mass is 10.1. The van der Waals surface area contributed by atoms with E-state index in [1.54, 1.807) is 0 Å². The average Bonchev–Trinajstić information content (AvgIpc) is 2.39. The Morgan fingerprint density at radius 3 is 1.85 bits per heavy atom. The van der Waals surface area contributed by atoms with Gasteiger partial charge in [-0.1, -0.05) is 0 Å². The highest BCUT2D eigenvalue weighted by Crippen LogP contribution is 2.29. The van der Waals surface area contributed by atoms with Gasteiger partial charge < -0.3 is 9.84 Å². The second-order valence-electron chi connectivity index (χ2n) is 4.34. The van der Waals surface area contributed by atoms with Gasteiger partial charge in [-0.15, -0.1) is 0 Å². The van der Waals surface area contributed by atoms with E-state index in [4.69, 9.17) is 9.84 Å². The Morgan fingerprint density at radius 1 is 1.00 bits per heavy atom. The maximum atomic E-state index is 13.0. The van der Waals surface area contributed by atoms with Gasteiger partial charge in [0.15, 0.2) is 0 Å². The van der Waals surface area contributed by atoms with E-state index in [1.165, 1.54) is 48.5 Å². The molecule has 1 N–H and O–H groups in total. The summed E-state index contributed by atoms with van der Waals surface area (Å²) in [6, 6.07) is 11.3. The van der Waals surface area contributed by atoms with Crippen LogP contribution in [0, 0.1) is 0 Å². The van der Waals surface area contributed by atoms with E-state index in [0.29, 0.717) is 11.5 Å². The molecule has 0 radical (unpaired) electrons. The van der Waals surface area contributed by atoms with Gasteiger partial charge in [0.2, 0.25) is 0 Å². The fourth-order valence-corrected chi connectivity index (χ4v) is 1.62. The van der Waals surface area contributed by atoms with Gasteiger partial charge in [0.1, 0.15) is 11.5 Å². The predicted molar refractivity (Wildman–Crippen MR) is 69.5 cm³/mol. The zero-order chi connectivity index (χ0) is 14.8. The van der Waals surface area contributed by atoms with Crippen LogP contribution in [0.3, 0.4) is 0 Å². The third-order valence-electron chi connectivity index (χ3n) is 2.70. The topological polar surface area (TPSA) is 46.5 Å². The number of alkyl halides is 2. The van der Waals surface area contributed by atoms with E-state index < -0.39 is 11.9 Å². The molecule has 0 heterocycles. The van der Waals surface area contributed by atoms with E-state index in [9.17, 15) is 13.6 Å². The second kappa shape index (κ2) is 5.28. The summed E-state index contributed by atoms with van der Waals surface area (Å²) in [4.78, 5) is 10.7. The van der Waals surface area contributed by atoms with Crippen molar-refractivity contribution in [3.05, 3.63) is 59.7 Å². The number of benzene rings is 2. The number of hydrogen-bond donors (Lipinski definition) is 1. The standard InChI is InChI=1S/C15H12F2O3/c1-15(16,17)11-4-8-13(9-5-11)20-12-6-2-10(3-7-12)14(18)19/h2-9H,1H3,(H,18,19). The molecule has 2 aromatic carbocycles. The first-order chi connectivity index (χ1) is 9.36. The molecule has 0 atom stereocenters. The van der Waals surface area contributed by atoms with E-state index >= 15 is 0 Å². The van der Waals surface area contributed by atoms with Crippen LogP contribution in [0.2, 0.25) is 0 Å². The molecule has 0 unspecified atom stereocenters. The van der Waals surface area contributed by atoms with E-state index in [-0.39, 0.29) is 11.1 Å². The molecule has 3 nitrogen and oxygen atoms in total. The van der Waals surface area contributed by atoms with Crippen LogP contribution >= 0.6 is 0 Å². The molecule has 0 aromatic heterocycles. The molecule has 20 heavy (non-hydrogen) atoms. The Bertz CT molecular complexity index is 599. The van der Waals surface area contributed by atoms with Crippen LogP contribution < -0.4 is 4.74 Å². The van der Waals surface area contributed by atoms with Crippen molar-refractivity contribution in [2.45, 2.75) is 12.8 Å². The minimum atomic E-state index is -2.89. The highest BCUT2D eigenvalue weighted by Gasteiger charge is 2.23. The smallest absolute Gasteiger partial charge is 0.335 e. The second-order valence-corrected chi connectivity index (χ2v) is 4.34. The monoisotopic (exact) mass is 278 g/mol. The third-order valence-corrected chi connectivity index (χ3v) is 2.70. The van der Waals surface area contributed by atoms with Crippen LogP contribution in [-0.4, -0.2) is 11.1 Å². The van der Waals surface area contributed by atoms with Gasteiger partial charge in [0, 0.05) is 12.5 Å². The summed E-state index contributed by atoms with van der Waals surface area (Å²) in [6.07, 6.45) is 0. The van der Waals surface area contributed by atoms with Crippen LogP contribution in [0.1, 0.15) is 22.8 Å². The van der Waals surface area contributed by atoms with Gasteiger partial charge in [-0.25, -0.2) is 13.6 Å². The van der Waals surface area contributed by atoms with Gasteiger partial charge in [-0.2, -0.15) is 0 Å². The molecule has 0 bridgehead atoms. The largest absolute Gasteiger partial charge is 0.478 e. The zero-order valence-corrected chi connectivity index (χ0v) is 10.6. The Kier molecular flexibility index (Phi) is 3.70. The van der Waals surface area contributed by atoms with E-state index in [1.807, 2.05) is 0 Å². The van der Waals surface area contributed by atoms with Crippen LogP contribution in [0.15, 0.2) is 48.5 Å². The minimum Gasteiger partial charge on any atom is -0.478 e. The van der Waals surface area contributed by atoms with Crippen molar-refractivity contribution >= 4 is 5.97 Å². The number of ether oxygens (including phenoxy) is 1. The zero-order valence-electron chi connectivity index (χ0n) is 10.6. The van der Waals surface area contributed by atoms with Crippen molar-refractivity contribution in [3.8, 4) is 11.5 Å². The first kappa shape index (κ1) is 14.0. The highest BCUT2D eigenvalue weighted by molar-refractivity contribution is 5.87. The maximum absolute atomic E-state index is 13.0. The Balaban J connectivity index is 2.12. The van der Waals surface area contributed by atoms with Gasteiger partial charge >= 0.3 is 5.97 Å². The number of hydrogen-bond acceptors (Lipinski definition) is 2. The summed E-state index contributed by atoms with van der Waals surface area (Å²) < 4.78 is 31.5. The summed E-state index contributed by atoms with van der Waals surface area (Å²) in [6.45, 7) is 0.827. The van der Waals surface area contributed by atoms with Crippen molar-refractivity contribution in [2.24, 2.45) is 0 Å². The van der Waals surface area contributed by atoms with Crippen molar-refractivity contribution in [1.82, 2.24) is 0 Å². The summed E-state index contributed by atoms with van der Waals surface area (Å²) >= 11 is 0. The molecule has 0 fully saturated rings. The Labute approximate surface area is 114 Å². The Morgan fingerprint density at radius 2 is 1.45 bits per heavy atom. The normalized spacial score (nSPS) is 11.2. The average molecular weight is 278 g/mol. The number of halogens is 2. The fourth-order valence-electron chi connectivity index (χ4n) is 1.62. The predicted octanol–water partition coefficient (Wildman–Crippen LogP) is 4.29. The summed E-state index contributed by atoms with van der Waals surface area (Å²) in [7, 11) is 0. The first-order valence-corrected chi connectivity index (χ1v) is 5.86. The summed E-state index contributed by atoms with van der Waals surface area (Å²) in [5.41, 5.74) is 0.0596. The molecular formula is C15H12F2O3. The van der Waals surface area contributed by atoms with Gasteiger partial charge in [0.25, 0.3) is 5.92 Å². The molecule has 0 saturated carbocycles. The third kappa shape index (κ3) is 3.32. The van der Waals surface area contributed by atoms with E-state index in [0.717, 1.165) is 6.92 Å². The molecule has 0 saturated heterocycles. The fraction of sp³-hybridized carbons (Fsp3) is 0.133.